The lowest BCUT2D eigenvalue weighted by Crippen LogP contribution is -2.35. The summed E-state index contributed by atoms with van der Waals surface area (Å²) in [6.07, 6.45) is 1.25. The number of hydrogen-bond donors (Lipinski definition) is 2. The van der Waals surface area contributed by atoms with E-state index in [9.17, 15) is 30.0 Å². The summed E-state index contributed by atoms with van der Waals surface area (Å²) in [6, 6.07) is 17.0. The summed E-state index contributed by atoms with van der Waals surface area (Å²) >= 11 is 0. The van der Waals surface area contributed by atoms with E-state index in [2.05, 4.69) is 15.0 Å². The molecule has 12 heteroatoms. The van der Waals surface area contributed by atoms with Gasteiger partial charge in [-0.15, -0.1) is 0 Å². The number of allylic oxidation sites excluding steroid dienone is 2. The minimum Gasteiger partial charge on any atom is -0.356 e. The Hall–Kier alpha value is -3.74. The van der Waals surface area contributed by atoms with Crippen LogP contribution in [0.4, 0.5) is 18.9 Å². The van der Waals surface area contributed by atoms with Gasteiger partial charge in [0, 0.05) is 41.8 Å². The summed E-state index contributed by atoms with van der Waals surface area (Å²) in [5.74, 6) is -3.86. The maximum Gasteiger partial charge on any atom is 0.234 e. The van der Waals surface area contributed by atoms with Gasteiger partial charge in [-0.2, -0.15) is 0 Å². The molecular weight excluding hydrogens is 587 g/mol. The van der Waals surface area contributed by atoms with Crippen LogP contribution in [0.15, 0.2) is 101 Å². The highest BCUT2D eigenvalue weighted by Crippen LogP contribution is 2.32. The number of nitrogens with one attached hydrogen (secondary N) is 2. The zero-order valence-electron chi connectivity index (χ0n) is 22.9. The van der Waals surface area contributed by atoms with Crippen LogP contribution in [0.2, 0.25) is 0 Å². The molecular formula is C30H30F3N3O4S2. The number of rotatable bonds is 10. The van der Waals surface area contributed by atoms with Crippen molar-refractivity contribution in [3.05, 3.63) is 124 Å². The van der Waals surface area contributed by atoms with Crippen LogP contribution in [0.5, 0.6) is 0 Å². The van der Waals surface area contributed by atoms with Gasteiger partial charge in [0.15, 0.2) is 9.84 Å². The van der Waals surface area contributed by atoms with Crippen LogP contribution in [-0.2, 0) is 26.3 Å². The van der Waals surface area contributed by atoms with Crippen molar-refractivity contribution in [3.8, 4) is 0 Å². The molecule has 0 aliphatic carbocycles. The fraction of sp³-hybridized carbons (Fsp3) is 0.233. The summed E-state index contributed by atoms with van der Waals surface area (Å²) in [6.45, 7) is 1.68. The summed E-state index contributed by atoms with van der Waals surface area (Å²) < 4.78 is 96.8. The first-order valence-electron chi connectivity index (χ1n) is 13.0. The molecule has 4 rings (SSSR count). The molecule has 0 fully saturated rings. The molecule has 3 aromatic carbocycles. The van der Waals surface area contributed by atoms with Gasteiger partial charge in [0.25, 0.3) is 0 Å². The maximum atomic E-state index is 14.7. The highest BCUT2D eigenvalue weighted by molar-refractivity contribution is 7.92. The topological polar surface area (TPSA) is 105 Å². The van der Waals surface area contributed by atoms with Crippen molar-refractivity contribution < 1.29 is 30.0 Å². The first kappa shape index (κ1) is 31.2. The number of anilines is 1. The van der Waals surface area contributed by atoms with Gasteiger partial charge in [0.1, 0.15) is 17.5 Å². The van der Waals surface area contributed by atoms with Crippen LogP contribution >= 0.6 is 0 Å². The molecule has 1 heterocycles. The average Bonchev–Trinajstić information content (AvgIpc) is 2.92. The Kier molecular flexibility index (Phi) is 9.70. The van der Waals surface area contributed by atoms with Gasteiger partial charge in [-0.05, 0) is 54.8 Å². The molecule has 1 unspecified atom stereocenters. The normalized spacial score (nSPS) is 18.3. The van der Waals surface area contributed by atoms with Crippen LogP contribution < -0.4 is 10.0 Å². The highest BCUT2D eigenvalue weighted by atomic mass is 32.2. The molecule has 0 spiro atoms. The van der Waals surface area contributed by atoms with Crippen LogP contribution in [0.3, 0.4) is 0 Å². The van der Waals surface area contributed by atoms with Crippen molar-refractivity contribution in [1.29, 1.82) is 0 Å². The molecule has 2 atom stereocenters. The lowest BCUT2D eigenvalue weighted by molar-refractivity contribution is 0.569. The van der Waals surface area contributed by atoms with Crippen LogP contribution in [0.25, 0.3) is 0 Å². The van der Waals surface area contributed by atoms with Gasteiger partial charge in [0.2, 0.25) is 10.0 Å². The monoisotopic (exact) mass is 617 g/mol. The van der Waals surface area contributed by atoms with Gasteiger partial charge >= 0.3 is 0 Å². The van der Waals surface area contributed by atoms with Crippen molar-refractivity contribution in [3.63, 3.8) is 0 Å². The number of sulfone groups is 1. The van der Waals surface area contributed by atoms with Crippen molar-refractivity contribution in [2.75, 3.05) is 23.9 Å². The lowest BCUT2D eigenvalue weighted by atomic mass is 9.92. The van der Waals surface area contributed by atoms with E-state index >= 15 is 0 Å². The van der Waals surface area contributed by atoms with Crippen molar-refractivity contribution in [1.82, 2.24) is 4.72 Å². The maximum absolute atomic E-state index is 14.7. The minimum atomic E-state index is -4.00. The second-order valence-corrected chi connectivity index (χ2v) is 13.6. The van der Waals surface area contributed by atoms with Gasteiger partial charge < -0.3 is 5.32 Å². The third-order valence-electron chi connectivity index (χ3n) is 6.72. The highest BCUT2D eigenvalue weighted by Gasteiger charge is 2.34. The number of sulfonamides is 1. The van der Waals surface area contributed by atoms with Crippen molar-refractivity contribution in [2.45, 2.75) is 19.4 Å². The Morgan fingerprint density at radius 2 is 1.74 bits per heavy atom. The van der Waals surface area contributed by atoms with E-state index in [4.69, 9.17) is 0 Å². The number of benzene rings is 3. The van der Waals surface area contributed by atoms with Gasteiger partial charge in [-0.3, -0.25) is 4.99 Å². The second-order valence-electron chi connectivity index (χ2n) is 9.93. The van der Waals surface area contributed by atoms with Gasteiger partial charge in [-0.1, -0.05) is 42.5 Å². The molecule has 1 aliphatic heterocycles. The Morgan fingerprint density at radius 1 is 1.02 bits per heavy atom. The Bertz CT molecular complexity index is 1760. The lowest BCUT2D eigenvalue weighted by Gasteiger charge is -2.30. The quantitative estimate of drug-likeness (QED) is 0.300. The van der Waals surface area contributed by atoms with Gasteiger partial charge in [-0.25, -0.2) is 34.7 Å². The predicted octanol–water partition coefficient (Wildman–Crippen LogP) is 5.32. The van der Waals surface area contributed by atoms with Crippen LogP contribution in [0, 0.1) is 23.4 Å². The third kappa shape index (κ3) is 8.17. The fourth-order valence-corrected chi connectivity index (χ4v) is 7.56. The number of hydrogen-bond acceptors (Lipinski definition) is 6. The van der Waals surface area contributed by atoms with E-state index in [0.717, 1.165) is 17.0 Å². The molecule has 42 heavy (non-hydrogen) atoms. The zero-order valence-corrected chi connectivity index (χ0v) is 24.5. The Labute approximate surface area is 243 Å². The molecule has 0 aromatic heterocycles. The Balaban J connectivity index is 1.75. The van der Waals surface area contributed by atoms with E-state index in [1.54, 1.807) is 37.3 Å². The Morgan fingerprint density at radius 3 is 2.40 bits per heavy atom. The van der Waals surface area contributed by atoms with Crippen molar-refractivity contribution in [2.24, 2.45) is 10.9 Å². The molecule has 222 valence electrons. The van der Waals surface area contributed by atoms with E-state index in [-0.39, 0.29) is 34.8 Å². The average molecular weight is 618 g/mol. The molecule has 0 amide bonds. The first-order valence-corrected chi connectivity index (χ1v) is 16.3. The van der Waals surface area contributed by atoms with E-state index < -0.39 is 55.0 Å². The van der Waals surface area contributed by atoms with E-state index in [0.29, 0.717) is 11.6 Å². The van der Waals surface area contributed by atoms with E-state index in [1.165, 1.54) is 37.4 Å². The molecule has 0 bridgehead atoms. The zero-order chi connectivity index (χ0) is 30.5. The number of halogens is 3. The second kappa shape index (κ2) is 13.1. The summed E-state index contributed by atoms with van der Waals surface area (Å²) in [4.78, 5) is 4.16. The summed E-state index contributed by atoms with van der Waals surface area (Å²) in [5.41, 5.74) is 1.54. The third-order valence-corrected chi connectivity index (χ3v) is 9.54. The molecule has 0 saturated carbocycles. The number of nitrogens with zero attached hydrogens (tertiary/aromatic N) is 1. The molecule has 2 N–H and O–H groups in total. The molecule has 3 aromatic rings. The first-order chi connectivity index (χ1) is 19.9. The molecule has 0 radical (unpaired) electrons. The van der Waals surface area contributed by atoms with E-state index in [1.807, 2.05) is 6.07 Å². The number of aliphatic imine (C=N–C) groups is 1. The molecule has 7 nitrogen and oxygen atoms in total. The molecule has 1 aliphatic rings. The fourth-order valence-electron chi connectivity index (χ4n) is 4.79. The summed E-state index contributed by atoms with van der Waals surface area (Å²) in [5, 5.41) is 3.80. The van der Waals surface area contributed by atoms with Crippen LogP contribution in [0.1, 0.15) is 24.1 Å². The smallest absolute Gasteiger partial charge is 0.234 e. The summed E-state index contributed by atoms with van der Waals surface area (Å²) in [7, 11) is -6.37. The predicted molar refractivity (Wildman–Crippen MR) is 159 cm³/mol. The SMILES string of the molecule is C/N=C(/C=C/S(=O)(=O)N[C@@H](C)c1ccccc1)C1=C(Nc2ccc(F)cc2F)C(Cc2cccc(F)c2)CS(=O)(=O)C1. The molecule has 0 saturated heterocycles. The van der Waals surface area contributed by atoms with Crippen LogP contribution in [-0.4, -0.2) is 41.1 Å². The van der Waals surface area contributed by atoms with Crippen molar-refractivity contribution >= 4 is 31.3 Å². The standard InChI is InChI=1S/C30H30F3N3O4S2/c1-20(22-8-4-3-5-9-22)36-42(39,40)14-13-28(34-2)26-19-41(37,38)18-23(15-21-7-6-10-24(31)16-21)30(26)35-29-12-11-25(32)17-27(29)33/h3-14,16-17,20,23,35-36H,15,18-19H2,1-2H3/b14-13+,34-28-/t20-,23?/m0/s1. The largest absolute Gasteiger partial charge is 0.356 e. The van der Waals surface area contributed by atoms with Gasteiger partial charge in [0.05, 0.1) is 22.9 Å². The minimum absolute atomic E-state index is 0.0327.